The Kier molecular flexibility index (Phi) is 9.97. The molecule has 1 N–H and O–H groups in total. The average Bonchev–Trinajstić information content (AvgIpc) is 2.84. The van der Waals surface area contributed by atoms with E-state index in [-0.39, 0.29) is 12.1 Å². The van der Waals surface area contributed by atoms with E-state index in [1.807, 2.05) is 51.1 Å². The monoisotopic (exact) mass is 481 g/mol. The van der Waals surface area contributed by atoms with E-state index in [2.05, 4.69) is 29.6 Å². The molecule has 1 heterocycles. The van der Waals surface area contributed by atoms with Crippen LogP contribution in [-0.4, -0.2) is 66.9 Å². The summed E-state index contributed by atoms with van der Waals surface area (Å²) in [6.45, 7) is 8.98. The van der Waals surface area contributed by atoms with Crippen molar-refractivity contribution in [2.75, 3.05) is 44.7 Å². The number of hydrogen-bond donors (Lipinski definition) is 1. The average molecular weight is 482 g/mol. The molecule has 0 aliphatic carbocycles. The number of nitrogens with one attached hydrogen (secondary N) is 1. The number of rotatable bonds is 9. The Morgan fingerprint density at radius 2 is 1.34 bits per heavy atom. The number of carbonyl (C=O) groups is 2. The van der Waals surface area contributed by atoms with Gasteiger partial charge in [-0.25, -0.2) is 9.59 Å². The predicted octanol–water partition coefficient (Wildman–Crippen LogP) is 5.35. The highest BCUT2D eigenvalue weighted by molar-refractivity contribution is 5.89. The van der Waals surface area contributed by atoms with Crippen LogP contribution in [0.5, 0.6) is 0 Å². The second kappa shape index (κ2) is 13.1. The zero-order valence-corrected chi connectivity index (χ0v) is 21.3. The third-order valence-corrected chi connectivity index (χ3v) is 5.77. The molecule has 1 aliphatic heterocycles. The second-order valence-corrected chi connectivity index (χ2v) is 9.89. The van der Waals surface area contributed by atoms with Crippen molar-refractivity contribution in [2.45, 2.75) is 52.1 Å². The normalized spacial score (nSPS) is 14.0. The van der Waals surface area contributed by atoms with Crippen LogP contribution in [-0.2, 0) is 22.3 Å². The first kappa shape index (κ1) is 26.5. The van der Waals surface area contributed by atoms with E-state index in [0.29, 0.717) is 26.2 Å². The Labute approximate surface area is 209 Å². The number of nitrogens with zero attached hydrogens (tertiary/aromatic N) is 2. The first-order chi connectivity index (χ1) is 16.8. The quantitative estimate of drug-likeness (QED) is 0.490. The van der Waals surface area contributed by atoms with Crippen LogP contribution in [0.4, 0.5) is 15.3 Å². The summed E-state index contributed by atoms with van der Waals surface area (Å²) in [4.78, 5) is 28.2. The van der Waals surface area contributed by atoms with Gasteiger partial charge in [0, 0.05) is 45.1 Å². The molecule has 0 saturated carbocycles. The molecule has 2 aromatic carbocycles. The second-order valence-electron chi connectivity index (χ2n) is 9.89. The summed E-state index contributed by atoms with van der Waals surface area (Å²) in [7, 11) is 0. The first-order valence-electron chi connectivity index (χ1n) is 12.5. The molecule has 3 rings (SSSR count). The molecule has 0 spiro atoms. The van der Waals surface area contributed by atoms with Gasteiger partial charge in [-0.05, 0) is 69.7 Å². The molecule has 190 valence electrons. The van der Waals surface area contributed by atoms with Crippen molar-refractivity contribution in [3.8, 4) is 0 Å². The third kappa shape index (κ3) is 9.61. The first-order valence-corrected chi connectivity index (χ1v) is 12.5. The van der Waals surface area contributed by atoms with Crippen molar-refractivity contribution in [3.05, 3.63) is 65.7 Å². The maximum atomic E-state index is 12.6. The largest absolute Gasteiger partial charge is 0.444 e. The minimum absolute atomic E-state index is 0.148. The SMILES string of the molecule is CC(C)(C)OC(=O)N1CCN(C(=O)Nc2ccc(CCCOCCCc3ccccc3)cc2)CC1. The molecule has 1 aliphatic rings. The van der Waals surface area contributed by atoms with Crippen LogP contribution in [0.1, 0.15) is 44.7 Å². The zero-order chi connectivity index (χ0) is 25.1. The van der Waals surface area contributed by atoms with E-state index in [1.165, 1.54) is 11.1 Å². The number of carbonyl (C=O) groups excluding carboxylic acids is 2. The molecule has 0 aromatic heterocycles. The zero-order valence-electron chi connectivity index (χ0n) is 21.3. The van der Waals surface area contributed by atoms with Gasteiger partial charge in [0.15, 0.2) is 0 Å². The van der Waals surface area contributed by atoms with Crippen molar-refractivity contribution in [1.82, 2.24) is 9.80 Å². The van der Waals surface area contributed by atoms with Crippen molar-refractivity contribution in [3.63, 3.8) is 0 Å². The van der Waals surface area contributed by atoms with Crippen LogP contribution >= 0.6 is 0 Å². The highest BCUT2D eigenvalue weighted by Crippen LogP contribution is 2.15. The molecule has 0 bridgehead atoms. The Bertz CT molecular complexity index is 917. The van der Waals surface area contributed by atoms with Crippen molar-refractivity contribution < 1.29 is 19.1 Å². The number of hydrogen-bond acceptors (Lipinski definition) is 4. The number of amides is 3. The van der Waals surface area contributed by atoms with Gasteiger partial charge in [-0.2, -0.15) is 0 Å². The lowest BCUT2D eigenvalue weighted by Gasteiger charge is -2.35. The summed E-state index contributed by atoms with van der Waals surface area (Å²) in [5.74, 6) is 0. The lowest BCUT2D eigenvalue weighted by atomic mass is 10.1. The Morgan fingerprint density at radius 3 is 1.91 bits per heavy atom. The Balaban J connectivity index is 1.29. The fourth-order valence-electron chi connectivity index (χ4n) is 3.88. The fourth-order valence-corrected chi connectivity index (χ4v) is 3.88. The lowest BCUT2D eigenvalue weighted by molar-refractivity contribution is 0.0174. The van der Waals surface area contributed by atoms with Crippen molar-refractivity contribution >= 4 is 17.8 Å². The number of piperazine rings is 1. The van der Waals surface area contributed by atoms with Crippen molar-refractivity contribution in [1.29, 1.82) is 0 Å². The molecular formula is C28H39N3O4. The van der Waals surface area contributed by atoms with Crippen LogP contribution in [0.3, 0.4) is 0 Å². The van der Waals surface area contributed by atoms with Gasteiger partial charge in [0.05, 0.1) is 0 Å². The lowest BCUT2D eigenvalue weighted by Crippen LogP contribution is -2.52. The number of anilines is 1. The van der Waals surface area contributed by atoms with Crippen LogP contribution in [0, 0.1) is 0 Å². The highest BCUT2D eigenvalue weighted by atomic mass is 16.6. The summed E-state index contributed by atoms with van der Waals surface area (Å²) in [6.07, 6.45) is 3.67. The summed E-state index contributed by atoms with van der Waals surface area (Å²) in [6, 6.07) is 18.3. The molecule has 1 saturated heterocycles. The summed E-state index contributed by atoms with van der Waals surface area (Å²) < 4.78 is 11.2. The van der Waals surface area contributed by atoms with E-state index in [9.17, 15) is 9.59 Å². The fraction of sp³-hybridized carbons (Fsp3) is 0.500. The van der Waals surface area contributed by atoms with Gasteiger partial charge in [-0.3, -0.25) is 0 Å². The summed E-state index contributed by atoms with van der Waals surface area (Å²) in [5.41, 5.74) is 2.83. The smallest absolute Gasteiger partial charge is 0.410 e. The summed E-state index contributed by atoms with van der Waals surface area (Å²) in [5, 5.41) is 2.95. The third-order valence-electron chi connectivity index (χ3n) is 5.77. The number of ether oxygens (including phenoxy) is 2. The van der Waals surface area contributed by atoms with Gasteiger partial charge in [0.2, 0.25) is 0 Å². The molecule has 0 atom stereocenters. The molecule has 7 nitrogen and oxygen atoms in total. The number of benzene rings is 2. The van der Waals surface area contributed by atoms with Crippen LogP contribution in [0.2, 0.25) is 0 Å². The van der Waals surface area contributed by atoms with Crippen LogP contribution < -0.4 is 5.32 Å². The Morgan fingerprint density at radius 1 is 0.800 bits per heavy atom. The van der Waals surface area contributed by atoms with E-state index >= 15 is 0 Å². The minimum atomic E-state index is -0.521. The molecule has 7 heteroatoms. The van der Waals surface area contributed by atoms with Crippen molar-refractivity contribution in [2.24, 2.45) is 0 Å². The van der Waals surface area contributed by atoms with E-state index in [1.54, 1.807) is 9.80 Å². The van der Waals surface area contributed by atoms with Crippen LogP contribution in [0.25, 0.3) is 0 Å². The van der Waals surface area contributed by atoms with E-state index in [4.69, 9.17) is 9.47 Å². The molecular weight excluding hydrogens is 442 g/mol. The molecule has 0 unspecified atom stereocenters. The van der Waals surface area contributed by atoms with E-state index < -0.39 is 5.60 Å². The Hall–Kier alpha value is -3.06. The minimum Gasteiger partial charge on any atom is -0.444 e. The number of aryl methyl sites for hydroxylation is 2. The van der Waals surface area contributed by atoms with Gasteiger partial charge in [0.1, 0.15) is 5.60 Å². The molecule has 35 heavy (non-hydrogen) atoms. The molecule has 0 radical (unpaired) electrons. The van der Waals surface area contributed by atoms with E-state index in [0.717, 1.165) is 44.6 Å². The molecule has 2 aromatic rings. The van der Waals surface area contributed by atoms with Gasteiger partial charge in [0.25, 0.3) is 0 Å². The maximum absolute atomic E-state index is 12.6. The maximum Gasteiger partial charge on any atom is 0.410 e. The number of urea groups is 1. The highest BCUT2D eigenvalue weighted by Gasteiger charge is 2.27. The molecule has 1 fully saturated rings. The topological polar surface area (TPSA) is 71.1 Å². The predicted molar refractivity (Wildman–Crippen MR) is 139 cm³/mol. The van der Waals surface area contributed by atoms with Gasteiger partial charge in [-0.15, -0.1) is 0 Å². The van der Waals surface area contributed by atoms with Crippen LogP contribution in [0.15, 0.2) is 54.6 Å². The molecule has 3 amide bonds. The van der Waals surface area contributed by atoms with Gasteiger partial charge >= 0.3 is 12.1 Å². The standard InChI is InChI=1S/C28H39N3O4/c1-28(2,3)35-27(33)31-19-17-30(18-20-31)26(32)29-25-15-13-24(14-16-25)12-8-22-34-21-7-11-23-9-5-4-6-10-23/h4-6,9-10,13-16H,7-8,11-12,17-22H2,1-3H3,(H,29,32). The van der Waals surface area contributed by atoms with Gasteiger partial charge < -0.3 is 24.6 Å². The summed E-state index contributed by atoms with van der Waals surface area (Å²) >= 11 is 0. The van der Waals surface area contributed by atoms with Gasteiger partial charge in [-0.1, -0.05) is 42.5 Å².